The van der Waals surface area contributed by atoms with Crippen LogP contribution in [0, 0.1) is 0 Å². The zero-order chi connectivity index (χ0) is 9.94. The fraction of sp³-hybridized carbons (Fsp3) is 1.00. The third-order valence-corrected chi connectivity index (χ3v) is 2.68. The molecule has 13 heavy (non-hydrogen) atoms. The van der Waals surface area contributed by atoms with Crippen molar-refractivity contribution < 1.29 is 0 Å². The van der Waals surface area contributed by atoms with Gasteiger partial charge >= 0.3 is 0 Å². The highest BCUT2D eigenvalue weighted by molar-refractivity contribution is 4.49. The highest BCUT2D eigenvalue weighted by atomic mass is 15.1. The molecule has 1 nitrogen and oxygen atoms in total. The molecule has 0 aromatic carbocycles. The lowest BCUT2D eigenvalue weighted by Crippen LogP contribution is -2.18. The summed E-state index contributed by atoms with van der Waals surface area (Å²) in [5, 5.41) is 0. The van der Waals surface area contributed by atoms with Crippen molar-refractivity contribution in [3.05, 3.63) is 0 Å². The molecule has 0 saturated heterocycles. The minimum Gasteiger partial charge on any atom is -0.307 e. The van der Waals surface area contributed by atoms with E-state index in [0.717, 1.165) is 0 Å². The molecule has 0 rings (SSSR count). The van der Waals surface area contributed by atoms with Crippen molar-refractivity contribution >= 4 is 0 Å². The van der Waals surface area contributed by atoms with E-state index in [9.17, 15) is 0 Å². The van der Waals surface area contributed by atoms with Crippen LogP contribution < -0.4 is 0 Å². The van der Waals surface area contributed by atoms with E-state index in [0.29, 0.717) is 0 Å². The third-order valence-electron chi connectivity index (χ3n) is 2.68. The fourth-order valence-corrected chi connectivity index (χ4v) is 1.50. The molecular weight excluding hydrogens is 158 g/mol. The Bertz CT molecular complexity index is 91.1. The van der Waals surface area contributed by atoms with Gasteiger partial charge in [-0.2, -0.15) is 0 Å². The minimum atomic E-state index is 1.19. The zero-order valence-corrected chi connectivity index (χ0v) is 9.81. The smallest absolute Gasteiger partial charge is 0.00219 e. The first-order valence-corrected chi connectivity index (χ1v) is 5.99. The summed E-state index contributed by atoms with van der Waals surface area (Å²) in [4.78, 5) is 2.39. The first-order valence-electron chi connectivity index (χ1n) is 5.99. The van der Waals surface area contributed by atoms with Gasteiger partial charge in [0.2, 0.25) is 0 Å². The summed E-state index contributed by atoms with van der Waals surface area (Å²) in [6.07, 6.45) is 9.93. The summed E-state index contributed by atoms with van der Waals surface area (Å²) in [5.74, 6) is 0. The van der Waals surface area contributed by atoms with Crippen LogP contribution in [-0.4, -0.2) is 25.0 Å². The van der Waals surface area contributed by atoms with Crippen molar-refractivity contribution in [2.75, 3.05) is 20.1 Å². The van der Waals surface area contributed by atoms with Crippen LogP contribution in [0.4, 0.5) is 0 Å². The minimum absolute atomic E-state index is 1.19. The Hall–Kier alpha value is -0.0400. The van der Waals surface area contributed by atoms with Gasteiger partial charge in [0.1, 0.15) is 0 Å². The van der Waals surface area contributed by atoms with Gasteiger partial charge < -0.3 is 4.90 Å². The number of nitrogens with zero attached hydrogens (tertiary/aromatic N) is 1. The second-order valence-corrected chi connectivity index (χ2v) is 4.02. The van der Waals surface area contributed by atoms with E-state index in [1.807, 2.05) is 0 Å². The topological polar surface area (TPSA) is 3.24 Å². The van der Waals surface area contributed by atoms with Crippen molar-refractivity contribution in [1.82, 2.24) is 4.90 Å². The van der Waals surface area contributed by atoms with Gasteiger partial charge in [0.25, 0.3) is 0 Å². The van der Waals surface area contributed by atoms with E-state index in [2.05, 4.69) is 25.8 Å². The molecule has 0 atom stereocenters. The van der Waals surface area contributed by atoms with Crippen LogP contribution in [0.2, 0.25) is 0 Å². The Balaban J connectivity index is 2.91. The summed E-state index contributed by atoms with van der Waals surface area (Å²) in [6, 6.07) is 0. The van der Waals surface area contributed by atoms with Crippen LogP contribution in [0.15, 0.2) is 0 Å². The van der Waals surface area contributed by atoms with Crippen molar-refractivity contribution in [3.63, 3.8) is 0 Å². The molecule has 0 bridgehead atoms. The molecule has 0 aliphatic rings. The molecule has 1 heteroatoms. The normalized spacial score (nSPS) is 11.1. The Morgan fingerprint density at radius 2 is 1.31 bits per heavy atom. The number of hydrogen-bond acceptors (Lipinski definition) is 1. The van der Waals surface area contributed by atoms with Crippen LogP contribution in [0.25, 0.3) is 0 Å². The van der Waals surface area contributed by atoms with Gasteiger partial charge in [-0.25, -0.2) is 0 Å². The van der Waals surface area contributed by atoms with Gasteiger partial charge in [-0.3, -0.25) is 0 Å². The van der Waals surface area contributed by atoms with Crippen LogP contribution in [-0.2, 0) is 0 Å². The summed E-state index contributed by atoms with van der Waals surface area (Å²) >= 11 is 0. The van der Waals surface area contributed by atoms with Crippen molar-refractivity contribution in [2.45, 2.75) is 58.8 Å². The molecule has 0 radical (unpaired) electrons. The molecule has 0 aliphatic heterocycles. The number of unbranched alkanes of at least 4 members (excludes halogenated alkanes) is 6. The molecule has 0 saturated carbocycles. The Morgan fingerprint density at radius 3 is 1.85 bits per heavy atom. The number of hydrogen-bond donors (Lipinski definition) is 0. The molecule has 80 valence electrons. The molecule has 0 heterocycles. The van der Waals surface area contributed by atoms with Crippen molar-refractivity contribution in [2.24, 2.45) is 0 Å². The largest absolute Gasteiger partial charge is 0.307 e. The standard InChI is InChI=1S/C12H27N/c1-4-6-7-8-9-10-11-12-13(3)5-2/h4-12H2,1-3H3. The molecular formula is C12H27N. The van der Waals surface area contributed by atoms with Crippen LogP contribution in [0.3, 0.4) is 0 Å². The summed E-state index contributed by atoms with van der Waals surface area (Å²) in [7, 11) is 2.21. The maximum absolute atomic E-state index is 2.39. The molecule has 0 unspecified atom stereocenters. The van der Waals surface area contributed by atoms with Crippen LogP contribution in [0.5, 0.6) is 0 Å². The van der Waals surface area contributed by atoms with Gasteiger partial charge in [-0.15, -0.1) is 0 Å². The fourth-order valence-electron chi connectivity index (χ4n) is 1.50. The molecule has 0 aromatic rings. The number of rotatable bonds is 9. The average Bonchev–Trinajstić information content (AvgIpc) is 2.16. The predicted molar refractivity (Wildman–Crippen MR) is 61.2 cm³/mol. The first-order chi connectivity index (χ1) is 6.31. The zero-order valence-electron chi connectivity index (χ0n) is 9.81. The van der Waals surface area contributed by atoms with E-state index in [4.69, 9.17) is 0 Å². The van der Waals surface area contributed by atoms with E-state index in [-0.39, 0.29) is 0 Å². The lowest BCUT2D eigenvalue weighted by molar-refractivity contribution is 0.340. The molecule has 0 aromatic heterocycles. The van der Waals surface area contributed by atoms with Crippen molar-refractivity contribution in [3.8, 4) is 0 Å². The highest BCUT2D eigenvalue weighted by Crippen LogP contribution is 2.06. The predicted octanol–water partition coefficient (Wildman–Crippen LogP) is 3.69. The van der Waals surface area contributed by atoms with Crippen LogP contribution in [0.1, 0.15) is 58.8 Å². The molecule has 0 N–H and O–H groups in total. The third kappa shape index (κ3) is 9.88. The SMILES string of the molecule is CCCCCCCCCN(C)CC. The van der Waals surface area contributed by atoms with Gasteiger partial charge in [0, 0.05) is 0 Å². The molecule has 0 aliphatic carbocycles. The summed E-state index contributed by atoms with van der Waals surface area (Å²) < 4.78 is 0. The lowest BCUT2D eigenvalue weighted by atomic mass is 10.1. The molecule has 0 spiro atoms. The van der Waals surface area contributed by atoms with E-state index < -0.39 is 0 Å². The van der Waals surface area contributed by atoms with E-state index in [1.54, 1.807) is 0 Å². The van der Waals surface area contributed by atoms with Crippen molar-refractivity contribution in [1.29, 1.82) is 0 Å². The average molecular weight is 185 g/mol. The summed E-state index contributed by atoms with van der Waals surface area (Å²) in [5.41, 5.74) is 0. The molecule has 0 amide bonds. The monoisotopic (exact) mass is 185 g/mol. The van der Waals surface area contributed by atoms with Gasteiger partial charge in [-0.1, -0.05) is 52.4 Å². The Morgan fingerprint density at radius 1 is 0.769 bits per heavy atom. The second kappa shape index (κ2) is 10.0. The second-order valence-electron chi connectivity index (χ2n) is 4.02. The lowest BCUT2D eigenvalue weighted by Gasteiger charge is -2.12. The Kier molecular flexibility index (Phi) is 10.0. The highest BCUT2D eigenvalue weighted by Gasteiger charge is 1.94. The quantitative estimate of drug-likeness (QED) is 0.495. The first kappa shape index (κ1) is 13.0. The van der Waals surface area contributed by atoms with Gasteiger partial charge in [-0.05, 0) is 26.6 Å². The Labute approximate surface area is 84.5 Å². The van der Waals surface area contributed by atoms with Crippen LogP contribution >= 0.6 is 0 Å². The van der Waals surface area contributed by atoms with Gasteiger partial charge in [0.15, 0.2) is 0 Å². The van der Waals surface area contributed by atoms with E-state index in [1.165, 1.54) is 58.0 Å². The van der Waals surface area contributed by atoms with Gasteiger partial charge in [0.05, 0.1) is 0 Å². The maximum atomic E-state index is 2.39. The maximum Gasteiger partial charge on any atom is -0.00219 e. The molecule has 0 fully saturated rings. The summed E-state index contributed by atoms with van der Waals surface area (Å²) in [6.45, 7) is 6.97. The van der Waals surface area contributed by atoms with E-state index >= 15 is 0 Å².